The first-order valence-electron chi connectivity index (χ1n) is 6.47. The summed E-state index contributed by atoms with van der Waals surface area (Å²) in [6, 6.07) is 0. The molecule has 0 spiro atoms. The molecule has 0 aromatic carbocycles. The quantitative estimate of drug-likeness (QED) is 0.532. The summed E-state index contributed by atoms with van der Waals surface area (Å²) in [6.07, 6.45) is 18.9. The van der Waals surface area contributed by atoms with Crippen LogP contribution in [0.3, 0.4) is 0 Å². The van der Waals surface area contributed by atoms with Gasteiger partial charge in [0, 0.05) is 0 Å². The minimum absolute atomic E-state index is 0. The van der Waals surface area contributed by atoms with Crippen LogP contribution in [0.4, 0.5) is 0 Å². The zero-order valence-corrected chi connectivity index (χ0v) is 16.7. The molecule has 2 rings (SSSR count). The third-order valence-electron chi connectivity index (χ3n) is 3.73. The first-order valence-corrected chi connectivity index (χ1v) is 6.47. The average Bonchev–Trinajstić information content (AvgIpc) is 2.91. The van der Waals surface area contributed by atoms with E-state index in [1.807, 2.05) is 0 Å². The van der Waals surface area contributed by atoms with Gasteiger partial charge in [0.2, 0.25) is 0 Å². The molecular formula is C17H22Cl2Zr. The monoisotopic (exact) mass is 386 g/mol. The molecule has 0 aliphatic heterocycles. The smallest absolute Gasteiger partial charge is 1.00 e. The van der Waals surface area contributed by atoms with E-state index in [9.17, 15) is 0 Å². The van der Waals surface area contributed by atoms with E-state index in [0.717, 1.165) is 19.3 Å². The van der Waals surface area contributed by atoms with Gasteiger partial charge in [-0.3, -0.25) is 12.2 Å². The van der Waals surface area contributed by atoms with E-state index in [1.165, 1.54) is 11.1 Å². The van der Waals surface area contributed by atoms with E-state index < -0.39 is 0 Å². The Labute approximate surface area is 155 Å². The average molecular weight is 388 g/mol. The summed E-state index contributed by atoms with van der Waals surface area (Å²) in [5.74, 6) is 0. The molecule has 0 radical (unpaired) electrons. The summed E-state index contributed by atoms with van der Waals surface area (Å²) in [7, 11) is 0. The molecule has 0 saturated heterocycles. The first-order chi connectivity index (χ1) is 7.92. The van der Waals surface area contributed by atoms with E-state index in [4.69, 9.17) is 0 Å². The summed E-state index contributed by atoms with van der Waals surface area (Å²) in [6.45, 7) is 9.30. The molecule has 0 N–H and O–H groups in total. The summed E-state index contributed by atoms with van der Waals surface area (Å²) in [5.41, 5.74) is 3.13. The maximum atomic E-state index is 3.47. The molecule has 0 atom stereocenters. The third-order valence-corrected chi connectivity index (χ3v) is 3.73. The normalized spacial score (nSPS) is 16.8. The Morgan fingerprint density at radius 2 is 1.20 bits per heavy atom. The maximum Gasteiger partial charge on any atom is 4.00 e. The molecule has 0 aromatic heterocycles. The van der Waals surface area contributed by atoms with Crippen LogP contribution in [0.2, 0.25) is 0 Å². The van der Waals surface area contributed by atoms with Gasteiger partial charge in [0.25, 0.3) is 0 Å². The molecule has 20 heavy (non-hydrogen) atoms. The van der Waals surface area contributed by atoms with Crippen molar-refractivity contribution in [2.24, 2.45) is 10.8 Å². The molecule has 0 heterocycles. The maximum absolute atomic E-state index is 3.47. The predicted octanol–water partition coefficient (Wildman–Crippen LogP) is -1.19. The summed E-state index contributed by atoms with van der Waals surface area (Å²) in [5, 5.41) is 0. The second kappa shape index (κ2) is 8.77. The number of halogens is 2. The van der Waals surface area contributed by atoms with Crippen molar-refractivity contribution >= 4 is 0 Å². The van der Waals surface area contributed by atoms with Crippen LogP contribution in [-0.4, -0.2) is 0 Å². The molecular weight excluding hydrogens is 366 g/mol. The minimum atomic E-state index is 0. The Morgan fingerprint density at radius 3 is 1.45 bits per heavy atom. The fourth-order valence-corrected chi connectivity index (χ4v) is 3.03. The molecule has 0 nitrogen and oxygen atoms in total. The molecule has 108 valence electrons. The molecule has 0 fully saturated rings. The van der Waals surface area contributed by atoms with Crippen molar-refractivity contribution < 1.29 is 51.0 Å². The minimum Gasteiger partial charge on any atom is -1.00 e. The van der Waals surface area contributed by atoms with Gasteiger partial charge >= 0.3 is 26.2 Å². The number of allylic oxidation sites excluding steroid dienone is 8. The molecule has 0 saturated carbocycles. The summed E-state index contributed by atoms with van der Waals surface area (Å²) < 4.78 is 0. The van der Waals surface area contributed by atoms with E-state index in [0.29, 0.717) is 0 Å². The molecule has 0 amide bonds. The molecule has 0 aromatic rings. The second-order valence-electron chi connectivity index (χ2n) is 6.34. The van der Waals surface area contributed by atoms with Gasteiger partial charge in [0.1, 0.15) is 0 Å². The molecule has 3 heteroatoms. The van der Waals surface area contributed by atoms with Crippen LogP contribution in [0.25, 0.3) is 0 Å². The van der Waals surface area contributed by atoms with Crippen LogP contribution >= 0.6 is 0 Å². The Kier molecular flexibility index (Phi) is 9.95. The van der Waals surface area contributed by atoms with Gasteiger partial charge in [-0.2, -0.15) is 12.2 Å². The van der Waals surface area contributed by atoms with E-state index >= 15 is 0 Å². The zero-order chi connectivity index (χ0) is 12.5. The van der Waals surface area contributed by atoms with Crippen molar-refractivity contribution in [3.05, 3.63) is 47.6 Å². The second-order valence-corrected chi connectivity index (χ2v) is 6.34. The zero-order valence-electron chi connectivity index (χ0n) is 12.7. The van der Waals surface area contributed by atoms with Crippen LogP contribution < -0.4 is 24.8 Å². The largest absolute Gasteiger partial charge is 4.00 e. The van der Waals surface area contributed by atoms with Gasteiger partial charge in [-0.1, -0.05) is 27.7 Å². The van der Waals surface area contributed by atoms with Crippen LogP contribution in [0.5, 0.6) is 0 Å². The van der Waals surface area contributed by atoms with E-state index in [2.05, 4.69) is 64.2 Å². The topological polar surface area (TPSA) is 0 Å². The van der Waals surface area contributed by atoms with Crippen molar-refractivity contribution in [1.82, 2.24) is 0 Å². The fourth-order valence-electron chi connectivity index (χ4n) is 3.03. The van der Waals surface area contributed by atoms with Crippen LogP contribution in [-0.2, 0) is 26.2 Å². The molecule has 2 aliphatic carbocycles. The van der Waals surface area contributed by atoms with Gasteiger partial charge in [-0.05, 0) is 17.3 Å². The van der Waals surface area contributed by atoms with Gasteiger partial charge in [-0.25, -0.2) is 23.3 Å². The third kappa shape index (κ3) is 5.32. The summed E-state index contributed by atoms with van der Waals surface area (Å²) in [4.78, 5) is 0. The number of rotatable bonds is 4. The van der Waals surface area contributed by atoms with Gasteiger partial charge < -0.3 is 24.8 Å². The van der Waals surface area contributed by atoms with E-state index in [-0.39, 0.29) is 61.8 Å². The Bertz CT molecular complexity index is 386. The van der Waals surface area contributed by atoms with Crippen LogP contribution in [0, 0.1) is 23.0 Å². The molecule has 0 unspecified atom stereocenters. The van der Waals surface area contributed by atoms with Gasteiger partial charge in [0.05, 0.1) is 0 Å². The predicted molar refractivity (Wildman–Crippen MR) is 73.2 cm³/mol. The van der Waals surface area contributed by atoms with Crippen molar-refractivity contribution in [2.75, 3.05) is 0 Å². The van der Waals surface area contributed by atoms with Crippen molar-refractivity contribution in [3.8, 4) is 0 Å². The van der Waals surface area contributed by atoms with Gasteiger partial charge in [-0.15, -0.1) is 12.8 Å². The van der Waals surface area contributed by atoms with Crippen molar-refractivity contribution in [1.29, 1.82) is 0 Å². The number of hydrogen-bond donors (Lipinski definition) is 0. The standard InChI is InChI=1S/C17H22.2ClH.Zr/c1-16(2,14-9-5-6-10-14)13-17(3,4)15-11-7-8-12-15;;;/h5,7,9,11H,6,8,13H2,1-4H3;2*1H;/q-2;;;+4/p-2. The Hall–Kier alpha value is 0.423. The van der Waals surface area contributed by atoms with Crippen LogP contribution in [0.15, 0.2) is 35.5 Å². The molecule has 0 bridgehead atoms. The van der Waals surface area contributed by atoms with Crippen molar-refractivity contribution in [3.63, 3.8) is 0 Å². The van der Waals surface area contributed by atoms with E-state index in [1.54, 1.807) is 0 Å². The molecule has 2 aliphatic rings. The van der Waals surface area contributed by atoms with Crippen LogP contribution in [0.1, 0.15) is 47.0 Å². The Morgan fingerprint density at radius 1 is 0.850 bits per heavy atom. The Balaban J connectivity index is 0. The van der Waals surface area contributed by atoms with Crippen molar-refractivity contribution in [2.45, 2.75) is 47.0 Å². The summed E-state index contributed by atoms with van der Waals surface area (Å²) >= 11 is 0. The van der Waals surface area contributed by atoms with Gasteiger partial charge in [0.15, 0.2) is 0 Å². The SMILES string of the molecule is CC(C)(CC(C)(C)C1=[C-]CC=C1)C1=[C-]CC=C1.[Cl-].[Cl-].[Zr+4]. The number of hydrogen-bond acceptors (Lipinski definition) is 0. The fraction of sp³-hybridized carbons (Fsp3) is 0.529. The first kappa shape index (κ1) is 22.7.